The molecule has 1 heterocycles. The third-order valence-electron chi connectivity index (χ3n) is 2.36. The average Bonchev–Trinajstić information content (AvgIpc) is 2.17. The number of rotatable bonds is 3. The molecule has 1 aromatic heterocycles. The molecule has 0 unspecified atom stereocenters. The summed E-state index contributed by atoms with van der Waals surface area (Å²) in [5.41, 5.74) is 2.80. The fourth-order valence-electron chi connectivity index (χ4n) is 1.45. The van der Waals surface area contributed by atoms with Crippen molar-refractivity contribution in [2.45, 2.75) is 40.0 Å². The smallest absolute Gasteiger partial charge is 0.208 e. The molecule has 2 heteroatoms. The molecule has 1 aromatic rings. The highest BCUT2D eigenvalue weighted by molar-refractivity contribution is 5.51. The zero-order valence-corrected chi connectivity index (χ0v) is 9.91. The van der Waals surface area contributed by atoms with E-state index in [0.29, 0.717) is 11.8 Å². The molecule has 0 N–H and O–H groups in total. The van der Waals surface area contributed by atoms with Gasteiger partial charge in [-0.15, -0.1) is 0 Å². The minimum Gasteiger partial charge on any atom is -0.273 e. The molecule has 80 valence electrons. The van der Waals surface area contributed by atoms with Crippen molar-refractivity contribution in [3.63, 3.8) is 0 Å². The topological polar surface area (TPSA) is 17.2 Å². The van der Waals surface area contributed by atoms with Crippen molar-refractivity contribution in [1.82, 2.24) is 4.98 Å². The van der Waals surface area contributed by atoms with Gasteiger partial charge in [0.1, 0.15) is 0 Å². The number of hydrogen-bond acceptors (Lipinski definition) is 1. The first-order valence-corrected chi connectivity index (χ1v) is 5.40. The maximum Gasteiger partial charge on any atom is 0.208 e. The van der Waals surface area contributed by atoms with Crippen LogP contribution in [0, 0.1) is 12.5 Å². The van der Waals surface area contributed by atoms with Crippen molar-refractivity contribution in [2.75, 3.05) is 0 Å². The summed E-state index contributed by atoms with van der Waals surface area (Å²) in [5, 5.41) is 0. The van der Waals surface area contributed by atoms with E-state index in [2.05, 4.69) is 37.5 Å². The molecule has 1 rings (SSSR count). The second kappa shape index (κ2) is 4.93. The highest BCUT2D eigenvalue weighted by atomic mass is 14.8. The molecule has 0 aliphatic carbocycles. The van der Waals surface area contributed by atoms with Crippen LogP contribution in [0.1, 0.15) is 44.9 Å². The largest absolute Gasteiger partial charge is 0.273 e. The Kier molecular flexibility index (Phi) is 3.85. The zero-order chi connectivity index (χ0) is 11.4. The van der Waals surface area contributed by atoms with Crippen LogP contribution in [0.25, 0.3) is 4.85 Å². The molecule has 0 saturated heterocycles. The van der Waals surface area contributed by atoms with Gasteiger partial charge in [-0.2, -0.15) is 0 Å². The van der Waals surface area contributed by atoms with Gasteiger partial charge in [0.2, 0.25) is 5.69 Å². The summed E-state index contributed by atoms with van der Waals surface area (Å²) in [5.74, 6) is 0.981. The lowest BCUT2D eigenvalue weighted by Gasteiger charge is -2.10. The maximum atomic E-state index is 7.15. The lowest BCUT2D eigenvalue weighted by Crippen LogP contribution is -1.99. The van der Waals surface area contributed by atoms with Crippen molar-refractivity contribution in [3.05, 3.63) is 34.9 Å². The van der Waals surface area contributed by atoms with Crippen LogP contribution in [0.5, 0.6) is 0 Å². The van der Waals surface area contributed by atoms with E-state index in [9.17, 15) is 0 Å². The molecule has 0 bridgehead atoms. The van der Waals surface area contributed by atoms with Crippen LogP contribution in [-0.4, -0.2) is 4.98 Å². The summed E-state index contributed by atoms with van der Waals surface area (Å²) >= 11 is 0. The molecule has 0 aliphatic rings. The summed E-state index contributed by atoms with van der Waals surface area (Å²) in [7, 11) is 0. The highest BCUT2D eigenvalue weighted by Gasteiger charge is 2.09. The molecule has 2 nitrogen and oxygen atoms in total. The molecule has 15 heavy (non-hydrogen) atoms. The van der Waals surface area contributed by atoms with Gasteiger partial charge >= 0.3 is 0 Å². The standard InChI is InChI=1S/C13H18N2/c1-9(2)6-13-12(14-5)7-11(8-15-13)10(3)4/h7-10H,6H2,1-4H3. The van der Waals surface area contributed by atoms with Crippen molar-refractivity contribution in [3.8, 4) is 0 Å². The quantitative estimate of drug-likeness (QED) is 0.678. The van der Waals surface area contributed by atoms with Crippen molar-refractivity contribution >= 4 is 5.69 Å². The normalized spacial score (nSPS) is 10.7. The van der Waals surface area contributed by atoms with E-state index < -0.39 is 0 Å². The predicted molar refractivity (Wildman–Crippen MR) is 63.1 cm³/mol. The molecule has 0 saturated carbocycles. The monoisotopic (exact) mass is 202 g/mol. The molecule has 0 atom stereocenters. The van der Waals surface area contributed by atoms with E-state index in [1.807, 2.05) is 12.3 Å². The second-order valence-corrected chi connectivity index (χ2v) is 4.60. The Morgan fingerprint density at radius 2 is 2.00 bits per heavy atom. The molecule has 0 radical (unpaired) electrons. The molecule has 0 spiro atoms. The third-order valence-corrected chi connectivity index (χ3v) is 2.36. The minimum absolute atomic E-state index is 0.436. The van der Waals surface area contributed by atoms with Gasteiger partial charge in [-0.3, -0.25) is 4.98 Å². The van der Waals surface area contributed by atoms with E-state index >= 15 is 0 Å². The Balaban J connectivity index is 3.05. The number of pyridine rings is 1. The molecule has 0 aromatic carbocycles. The van der Waals surface area contributed by atoms with Gasteiger partial charge in [-0.05, 0) is 29.9 Å². The first-order chi connectivity index (χ1) is 7.04. The van der Waals surface area contributed by atoms with E-state index in [0.717, 1.165) is 23.4 Å². The van der Waals surface area contributed by atoms with E-state index in [1.165, 1.54) is 0 Å². The van der Waals surface area contributed by atoms with Gasteiger partial charge in [0.25, 0.3) is 0 Å². The average molecular weight is 202 g/mol. The molecular formula is C13H18N2. The summed E-state index contributed by atoms with van der Waals surface area (Å²) in [4.78, 5) is 7.95. The zero-order valence-electron chi connectivity index (χ0n) is 9.91. The van der Waals surface area contributed by atoms with Gasteiger partial charge in [-0.25, -0.2) is 4.85 Å². The fourth-order valence-corrected chi connectivity index (χ4v) is 1.45. The van der Waals surface area contributed by atoms with E-state index in [-0.39, 0.29) is 0 Å². The van der Waals surface area contributed by atoms with Gasteiger partial charge in [-0.1, -0.05) is 27.7 Å². The first-order valence-electron chi connectivity index (χ1n) is 5.40. The van der Waals surface area contributed by atoms with Gasteiger partial charge in [0, 0.05) is 11.9 Å². The number of aromatic nitrogens is 1. The van der Waals surface area contributed by atoms with Crippen LogP contribution in [0.2, 0.25) is 0 Å². The predicted octanol–water partition coefficient (Wildman–Crippen LogP) is 3.95. The van der Waals surface area contributed by atoms with Crippen molar-refractivity contribution < 1.29 is 0 Å². The lowest BCUT2D eigenvalue weighted by molar-refractivity contribution is 0.636. The van der Waals surface area contributed by atoms with E-state index in [4.69, 9.17) is 6.57 Å². The molecule has 0 fully saturated rings. The fraction of sp³-hybridized carbons (Fsp3) is 0.538. The van der Waals surface area contributed by atoms with Crippen molar-refractivity contribution in [2.24, 2.45) is 5.92 Å². The van der Waals surface area contributed by atoms with Gasteiger partial charge in [0.05, 0.1) is 6.57 Å². The maximum absolute atomic E-state index is 7.15. The molecule has 0 amide bonds. The van der Waals surface area contributed by atoms with Crippen LogP contribution in [0.4, 0.5) is 5.69 Å². The van der Waals surface area contributed by atoms with Crippen LogP contribution >= 0.6 is 0 Å². The van der Waals surface area contributed by atoms with Gasteiger partial charge < -0.3 is 0 Å². The highest BCUT2D eigenvalue weighted by Crippen LogP contribution is 2.24. The Bertz CT molecular complexity index is 373. The Morgan fingerprint density at radius 3 is 2.47 bits per heavy atom. The number of hydrogen-bond donors (Lipinski definition) is 0. The summed E-state index contributed by atoms with van der Waals surface area (Å²) in [6.07, 6.45) is 2.78. The number of nitrogens with zero attached hydrogens (tertiary/aromatic N) is 2. The summed E-state index contributed by atoms with van der Waals surface area (Å²) in [6.45, 7) is 15.7. The summed E-state index contributed by atoms with van der Waals surface area (Å²) in [6, 6.07) is 1.97. The SMILES string of the molecule is [C-]#[N+]c1cc(C(C)C)cnc1CC(C)C. The third kappa shape index (κ3) is 3.06. The first kappa shape index (κ1) is 11.7. The molecule has 0 aliphatic heterocycles. The second-order valence-electron chi connectivity index (χ2n) is 4.60. The summed E-state index contributed by atoms with van der Waals surface area (Å²) < 4.78 is 0. The Hall–Kier alpha value is -1.36. The van der Waals surface area contributed by atoms with Crippen LogP contribution in [0.3, 0.4) is 0 Å². The minimum atomic E-state index is 0.436. The van der Waals surface area contributed by atoms with Crippen LogP contribution < -0.4 is 0 Å². The Morgan fingerprint density at radius 1 is 1.33 bits per heavy atom. The van der Waals surface area contributed by atoms with Gasteiger partial charge in [0.15, 0.2) is 0 Å². The van der Waals surface area contributed by atoms with E-state index in [1.54, 1.807) is 0 Å². The van der Waals surface area contributed by atoms with Crippen LogP contribution in [0.15, 0.2) is 12.3 Å². The van der Waals surface area contributed by atoms with Crippen molar-refractivity contribution in [1.29, 1.82) is 0 Å². The van der Waals surface area contributed by atoms with Crippen LogP contribution in [-0.2, 0) is 6.42 Å². The lowest BCUT2D eigenvalue weighted by atomic mass is 10.0. The molecular weight excluding hydrogens is 184 g/mol. The Labute approximate surface area is 92.2 Å².